The maximum absolute atomic E-state index is 5.99. The monoisotopic (exact) mass is 241 g/mol. The summed E-state index contributed by atoms with van der Waals surface area (Å²) >= 11 is 0. The third kappa shape index (κ3) is 2.83. The summed E-state index contributed by atoms with van der Waals surface area (Å²) in [7, 11) is 2.04. The lowest BCUT2D eigenvalue weighted by Gasteiger charge is -2.28. The zero-order valence-corrected chi connectivity index (χ0v) is 11.1. The maximum Gasteiger partial charge on any atom is 0.169 e. The van der Waals surface area contributed by atoms with Crippen molar-refractivity contribution < 1.29 is 4.74 Å². The molecule has 0 bridgehead atoms. The Kier molecular flexibility index (Phi) is 3.88. The van der Waals surface area contributed by atoms with Gasteiger partial charge in [0, 0.05) is 12.7 Å². The molecule has 0 aliphatic heterocycles. The highest BCUT2D eigenvalue weighted by molar-refractivity contribution is 5.45. The summed E-state index contributed by atoms with van der Waals surface area (Å²) in [6.45, 7) is 4.12. The van der Waals surface area contributed by atoms with Gasteiger partial charge in [-0.15, -0.1) is 0 Å². The lowest BCUT2D eigenvalue weighted by molar-refractivity contribution is 0.220. The second-order valence-electron chi connectivity index (χ2n) is 4.43. The molecule has 0 radical (unpaired) electrons. The number of benzene rings is 2. The maximum atomic E-state index is 5.99. The van der Waals surface area contributed by atoms with Gasteiger partial charge in [-0.25, -0.2) is 0 Å². The number of nitrogens with zero attached hydrogens (tertiary/aromatic N) is 1. The third-order valence-corrected chi connectivity index (χ3v) is 3.10. The van der Waals surface area contributed by atoms with Crippen molar-refractivity contribution in [1.82, 2.24) is 0 Å². The van der Waals surface area contributed by atoms with Crippen molar-refractivity contribution in [2.45, 2.75) is 20.1 Å². The van der Waals surface area contributed by atoms with E-state index in [1.54, 1.807) is 0 Å². The second-order valence-corrected chi connectivity index (χ2v) is 4.43. The highest BCUT2D eigenvalue weighted by atomic mass is 16.5. The SMILES string of the molecule is Cc1ccccc1OC(C)N(C)c1ccccc1. The van der Waals surface area contributed by atoms with E-state index in [2.05, 4.69) is 36.9 Å². The molecule has 2 aromatic rings. The molecule has 2 heteroatoms. The van der Waals surface area contributed by atoms with Crippen LogP contribution in [0.25, 0.3) is 0 Å². The van der Waals surface area contributed by atoms with Gasteiger partial charge in [-0.05, 0) is 37.6 Å². The van der Waals surface area contributed by atoms with E-state index < -0.39 is 0 Å². The van der Waals surface area contributed by atoms with Crippen LogP contribution in [0.5, 0.6) is 5.75 Å². The molecular weight excluding hydrogens is 222 g/mol. The molecule has 1 unspecified atom stereocenters. The van der Waals surface area contributed by atoms with E-state index >= 15 is 0 Å². The number of hydrogen-bond acceptors (Lipinski definition) is 2. The fraction of sp³-hybridized carbons (Fsp3) is 0.250. The molecule has 0 saturated heterocycles. The quantitative estimate of drug-likeness (QED) is 0.754. The van der Waals surface area contributed by atoms with Crippen LogP contribution in [0, 0.1) is 6.92 Å². The molecule has 0 spiro atoms. The Morgan fingerprint density at radius 1 is 0.944 bits per heavy atom. The Hall–Kier alpha value is -1.96. The lowest BCUT2D eigenvalue weighted by Crippen LogP contribution is -2.33. The Bertz CT molecular complexity index is 495. The average Bonchev–Trinajstić information content (AvgIpc) is 2.41. The van der Waals surface area contributed by atoms with Crippen LogP contribution in [0.4, 0.5) is 5.69 Å². The fourth-order valence-electron chi connectivity index (χ4n) is 1.82. The smallest absolute Gasteiger partial charge is 0.169 e. The van der Waals surface area contributed by atoms with E-state index in [1.807, 2.05) is 43.4 Å². The van der Waals surface area contributed by atoms with Crippen molar-refractivity contribution in [2.75, 3.05) is 11.9 Å². The van der Waals surface area contributed by atoms with E-state index in [0.717, 1.165) is 17.0 Å². The van der Waals surface area contributed by atoms with Gasteiger partial charge in [0.25, 0.3) is 0 Å². The Balaban J connectivity index is 2.09. The number of ether oxygens (including phenoxy) is 1. The van der Waals surface area contributed by atoms with E-state index in [1.165, 1.54) is 0 Å². The molecule has 0 heterocycles. The van der Waals surface area contributed by atoms with E-state index in [0.29, 0.717) is 0 Å². The van der Waals surface area contributed by atoms with Gasteiger partial charge in [0.2, 0.25) is 0 Å². The molecule has 2 aromatic carbocycles. The Morgan fingerprint density at radius 2 is 1.56 bits per heavy atom. The van der Waals surface area contributed by atoms with E-state index in [-0.39, 0.29) is 6.23 Å². The van der Waals surface area contributed by atoms with Crippen molar-refractivity contribution >= 4 is 5.69 Å². The van der Waals surface area contributed by atoms with Crippen molar-refractivity contribution in [3.8, 4) is 5.75 Å². The second kappa shape index (κ2) is 5.58. The first-order valence-corrected chi connectivity index (χ1v) is 6.18. The van der Waals surface area contributed by atoms with Crippen LogP contribution < -0.4 is 9.64 Å². The molecule has 0 aliphatic rings. The zero-order valence-electron chi connectivity index (χ0n) is 11.1. The van der Waals surface area contributed by atoms with Gasteiger partial charge in [0.05, 0.1) is 0 Å². The van der Waals surface area contributed by atoms with Crippen LogP contribution >= 0.6 is 0 Å². The summed E-state index contributed by atoms with van der Waals surface area (Å²) in [6, 6.07) is 18.3. The number of aryl methyl sites for hydroxylation is 1. The number of hydrogen-bond donors (Lipinski definition) is 0. The van der Waals surface area contributed by atoms with E-state index in [9.17, 15) is 0 Å². The molecule has 2 nitrogen and oxygen atoms in total. The third-order valence-electron chi connectivity index (χ3n) is 3.10. The van der Waals surface area contributed by atoms with Crippen LogP contribution in [0.15, 0.2) is 54.6 Å². The first kappa shape index (κ1) is 12.5. The molecule has 0 amide bonds. The lowest BCUT2D eigenvalue weighted by atomic mass is 10.2. The molecule has 0 fully saturated rings. The largest absolute Gasteiger partial charge is 0.471 e. The van der Waals surface area contributed by atoms with Crippen molar-refractivity contribution in [3.63, 3.8) is 0 Å². The Labute approximate surface area is 109 Å². The average molecular weight is 241 g/mol. The predicted molar refractivity (Wildman–Crippen MR) is 76.1 cm³/mol. The van der Waals surface area contributed by atoms with Gasteiger partial charge in [-0.3, -0.25) is 0 Å². The molecule has 0 aliphatic carbocycles. The highest BCUT2D eigenvalue weighted by Gasteiger charge is 2.11. The minimum atomic E-state index is -0.00602. The van der Waals surface area contributed by atoms with Crippen molar-refractivity contribution in [2.24, 2.45) is 0 Å². The summed E-state index contributed by atoms with van der Waals surface area (Å²) < 4.78 is 5.99. The first-order valence-electron chi connectivity index (χ1n) is 6.18. The molecule has 0 saturated carbocycles. The fourth-order valence-corrected chi connectivity index (χ4v) is 1.82. The molecule has 0 aromatic heterocycles. The predicted octanol–water partition coefficient (Wildman–Crippen LogP) is 3.86. The van der Waals surface area contributed by atoms with Gasteiger partial charge < -0.3 is 9.64 Å². The first-order chi connectivity index (χ1) is 8.68. The molecule has 1 atom stereocenters. The summed E-state index contributed by atoms with van der Waals surface area (Å²) in [6.07, 6.45) is -0.00602. The normalized spacial score (nSPS) is 11.9. The van der Waals surface area contributed by atoms with Crippen LogP contribution in [-0.4, -0.2) is 13.3 Å². The summed E-state index contributed by atoms with van der Waals surface area (Å²) in [5.74, 6) is 0.938. The molecule has 0 N–H and O–H groups in total. The van der Waals surface area contributed by atoms with Gasteiger partial charge >= 0.3 is 0 Å². The van der Waals surface area contributed by atoms with Crippen LogP contribution in [0.2, 0.25) is 0 Å². The molecular formula is C16H19NO. The highest BCUT2D eigenvalue weighted by Crippen LogP contribution is 2.21. The van der Waals surface area contributed by atoms with Crippen molar-refractivity contribution in [3.05, 3.63) is 60.2 Å². The molecule has 18 heavy (non-hydrogen) atoms. The van der Waals surface area contributed by atoms with Crippen molar-refractivity contribution in [1.29, 1.82) is 0 Å². The minimum Gasteiger partial charge on any atom is -0.471 e. The number of anilines is 1. The number of rotatable bonds is 4. The zero-order chi connectivity index (χ0) is 13.0. The summed E-state index contributed by atoms with van der Waals surface area (Å²) in [5.41, 5.74) is 2.31. The standard InChI is InChI=1S/C16H19NO/c1-13-9-7-8-12-16(13)18-14(2)17(3)15-10-5-4-6-11-15/h4-12,14H,1-3H3. The van der Waals surface area contributed by atoms with Gasteiger partial charge in [-0.1, -0.05) is 36.4 Å². The van der Waals surface area contributed by atoms with Gasteiger partial charge in [0.15, 0.2) is 6.23 Å². The van der Waals surface area contributed by atoms with Gasteiger partial charge in [0.1, 0.15) is 5.75 Å². The Morgan fingerprint density at radius 3 is 2.22 bits per heavy atom. The number of para-hydroxylation sites is 2. The van der Waals surface area contributed by atoms with E-state index in [4.69, 9.17) is 4.74 Å². The van der Waals surface area contributed by atoms with Crippen LogP contribution in [0.1, 0.15) is 12.5 Å². The summed E-state index contributed by atoms with van der Waals surface area (Å²) in [5, 5.41) is 0. The minimum absolute atomic E-state index is 0.00602. The molecule has 94 valence electrons. The van der Waals surface area contributed by atoms with Gasteiger partial charge in [-0.2, -0.15) is 0 Å². The topological polar surface area (TPSA) is 12.5 Å². The molecule has 2 rings (SSSR count). The van der Waals surface area contributed by atoms with Crippen LogP contribution in [-0.2, 0) is 0 Å². The summed E-state index contributed by atoms with van der Waals surface area (Å²) in [4.78, 5) is 2.12. The van der Waals surface area contributed by atoms with Crippen LogP contribution in [0.3, 0.4) is 0 Å².